The van der Waals surface area contributed by atoms with Crippen LogP contribution < -0.4 is 4.90 Å². The molecule has 0 saturated carbocycles. The summed E-state index contributed by atoms with van der Waals surface area (Å²) >= 11 is 0. The maximum absolute atomic E-state index is 13.5. The summed E-state index contributed by atoms with van der Waals surface area (Å²) in [5, 5.41) is 0. The van der Waals surface area contributed by atoms with E-state index in [4.69, 9.17) is 0 Å². The monoisotopic (exact) mass is 422 g/mol. The first-order chi connectivity index (χ1) is 14.9. The Bertz CT molecular complexity index is 912. The zero-order valence-corrected chi connectivity index (χ0v) is 19.2. The number of amides is 2. The molecule has 0 radical (unpaired) electrons. The first-order valence-corrected chi connectivity index (χ1v) is 11.1. The zero-order valence-electron chi connectivity index (χ0n) is 19.2. The van der Waals surface area contributed by atoms with Crippen LogP contribution >= 0.6 is 0 Å². The van der Waals surface area contributed by atoms with E-state index in [2.05, 4.69) is 23.7 Å². The third kappa shape index (κ3) is 5.91. The van der Waals surface area contributed by atoms with Crippen molar-refractivity contribution < 1.29 is 9.59 Å². The van der Waals surface area contributed by atoms with Gasteiger partial charge in [0.25, 0.3) is 5.91 Å². The minimum atomic E-state index is 0.00724. The number of hydrogen-bond acceptors (Lipinski definition) is 4. The number of para-hydroxylation sites is 1. The highest BCUT2D eigenvalue weighted by Crippen LogP contribution is 2.24. The van der Waals surface area contributed by atoms with E-state index in [1.54, 1.807) is 25.4 Å². The summed E-state index contributed by atoms with van der Waals surface area (Å²) < 4.78 is 0. The molecule has 2 amide bonds. The van der Waals surface area contributed by atoms with Crippen molar-refractivity contribution >= 4 is 17.5 Å². The van der Waals surface area contributed by atoms with Crippen LogP contribution in [0.25, 0.3) is 0 Å². The lowest BCUT2D eigenvalue weighted by Gasteiger charge is -2.29. The second-order valence-electron chi connectivity index (χ2n) is 8.76. The Balaban J connectivity index is 1.98. The number of hydrogen-bond donors (Lipinski definition) is 0. The van der Waals surface area contributed by atoms with E-state index in [0.29, 0.717) is 31.1 Å². The fourth-order valence-electron chi connectivity index (χ4n) is 4.22. The van der Waals surface area contributed by atoms with Gasteiger partial charge in [0, 0.05) is 63.3 Å². The molecule has 1 aliphatic heterocycles. The van der Waals surface area contributed by atoms with Crippen molar-refractivity contribution in [2.75, 3.05) is 37.6 Å². The molecule has 2 heterocycles. The number of aryl methyl sites for hydroxylation is 1. The number of pyridine rings is 1. The van der Waals surface area contributed by atoms with Gasteiger partial charge in [-0.1, -0.05) is 32.0 Å². The van der Waals surface area contributed by atoms with Gasteiger partial charge < -0.3 is 14.7 Å². The molecular formula is C25H34N4O2. The predicted molar refractivity (Wildman–Crippen MR) is 124 cm³/mol. The van der Waals surface area contributed by atoms with Crippen molar-refractivity contribution in [3.63, 3.8) is 0 Å². The van der Waals surface area contributed by atoms with E-state index < -0.39 is 0 Å². The topological polar surface area (TPSA) is 56.8 Å². The van der Waals surface area contributed by atoms with Crippen molar-refractivity contribution in [3.8, 4) is 0 Å². The maximum Gasteiger partial charge on any atom is 0.254 e. The van der Waals surface area contributed by atoms with Crippen LogP contribution in [0.5, 0.6) is 0 Å². The van der Waals surface area contributed by atoms with Gasteiger partial charge in [0.15, 0.2) is 0 Å². The lowest BCUT2D eigenvalue weighted by Crippen LogP contribution is -2.40. The highest BCUT2D eigenvalue weighted by Gasteiger charge is 2.23. The Morgan fingerprint density at radius 2 is 1.84 bits per heavy atom. The fraction of sp³-hybridized carbons (Fsp3) is 0.480. The van der Waals surface area contributed by atoms with E-state index in [0.717, 1.165) is 42.9 Å². The van der Waals surface area contributed by atoms with Gasteiger partial charge in [-0.2, -0.15) is 0 Å². The molecule has 3 rings (SSSR count). The molecular weight excluding hydrogens is 388 g/mol. The van der Waals surface area contributed by atoms with Crippen LogP contribution in [0.3, 0.4) is 0 Å². The first-order valence-electron chi connectivity index (χ1n) is 11.1. The summed E-state index contributed by atoms with van der Waals surface area (Å²) in [6.07, 6.45) is 4.30. The Hall–Kier alpha value is -2.73. The van der Waals surface area contributed by atoms with Gasteiger partial charge in [-0.25, -0.2) is 0 Å². The largest absolute Gasteiger partial charge is 0.333 e. The molecule has 0 atom stereocenters. The van der Waals surface area contributed by atoms with Gasteiger partial charge >= 0.3 is 0 Å². The van der Waals surface area contributed by atoms with E-state index in [9.17, 15) is 9.59 Å². The lowest BCUT2D eigenvalue weighted by atomic mass is 10.1. The van der Waals surface area contributed by atoms with Crippen molar-refractivity contribution in [1.29, 1.82) is 0 Å². The summed E-state index contributed by atoms with van der Waals surface area (Å²) in [7, 11) is 0. The van der Waals surface area contributed by atoms with Crippen molar-refractivity contribution in [3.05, 3.63) is 59.4 Å². The Morgan fingerprint density at radius 3 is 2.55 bits per heavy atom. The van der Waals surface area contributed by atoms with E-state index in [1.165, 1.54) is 0 Å². The molecule has 6 heteroatoms. The predicted octanol–water partition coefficient (Wildman–Crippen LogP) is 3.75. The van der Waals surface area contributed by atoms with Crippen LogP contribution in [-0.2, 0) is 11.3 Å². The van der Waals surface area contributed by atoms with Crippen molar-refractivity contribution in [2.45, 2.75) is 40.7 Å². The van der Waals surface area contributed by atoms with Gasteiger partial charge in [-0.05, 0) is 49.1 Å². The number of anilines is 1. The number of aromatic nitrogens is 1. The summed E-state index contributed by atoms with van der Waals surface area (Å²) in [6, 6.07) is 9.73. The number of carbonyl (C=O) groups excluding carboxylic acids is 2. The molecule has 6 nitrogen and oxygen atoms in total. The quantitative estimate of drug-likeness (QED) is 0.756. The van der Waals surface area contributed by atoms with Gasteiger partial charge in [0.2, 0.25) is 5.91 Å². The number of nitrogens with zero attached hydrogens (tertiary/aromatic N) is 4. The van der Waals surface area contributed by atoms with Gasteiger partial charge in [-0.15, -0.1) is 0 Å². The molecule has 0 N–H and O–H groups in total. The van der Waals surface area contributed by atoms with Gasteiger partial charge in [0.05, 0.1) is 0 Å². The number of fused-ring (bicyclic) bond motifs is 1. The smallest absolute Gasteiger partial charge is 0.254 e. The average molecular weight is 423 g/mol. The van der Waals surface area contributed by atoms with Crippen LogP contribution in [0.4, 0.5) is 5.69 Å². The summed E-state index contributed by atoms with van der Waals surface area (Å²) in [4.78, 5) is 36.3. The molecule has 2 aromatic rings. The highest BCUT2D eigenvalue weighted by molar-refractivity contribution is 5.96. The summed E-state index contributed by atoms with van der Waals surface area (Å²) in [5.41, 5.74) is 3.45. The van der Waals surface area contributed by atoms with Crippen LogP contribution in [0.2, 0.25) is 0 Å². The summed E-state index contributed by atoms with van der Waals surface area (Å²) in [6.45, 7) is 12.4. The molecule has 0 saturated heterocycles. The van der Waals surface area contributed by atoms with Crippen LogP contribution in [-0.4, -0.2) is 59.3 Å². The fourth-order valence-corrected chi connectivity index (χ4v) is 4.22. The Labute approximate surface area is 185 Å². The minimum Gasteiger partial charge on any atom is -0.333 e. The second kappa shape index (κ2) is 10.5. The molecule has 0 unspecified atom stereocenters. The maximum atomic E-state index is 13.5. The lowest BCUT2D eigenvalue weighted by molar-refractivity contribution is -0.116. The van der Waals surface area contributed by atoms with E-state index >= 15 is 0 Å². The van der Waals surface area contributed by atoms with Gasteiger partial charge in [0.1, 0.15) is 0 Å². The highest BCUT2D eigenvalue weighted by atomic mass is 16.2. The van der Waals surface area contributed by atoms with Gasteiger partial charge in [-0.3, -0.25) is 14.6 Å². The summed E-state index contributed by atoms with van der Waals surface area (Å²) in [5.74, 6) is 0.579. The molecule has 0 bridgehead atoms. The molecule has 0 fully saturated rings. The zero-order chi connectivity index (χ0) is 22.4. The van der Waals surface area contributed by atoms with E-state index in [-0.39, 0.29) is 11.8 Å². The molecule has 0 spiro atoms. The average Bonchev–Trinajstić information content (AvgIpc) is 2.76. The second-order valence-corrected chi connectivity index (χ2v) is 8.76. The Morgan fingerprint density at radius 1 is 1.06 bits per heavy atom. The van der Waals surface area contributed by atoms with Crippen molar-refractivity contribution in [2.24, 2.45) is 5.92 Å². The van der Waals surface area contributed by atoms with Crippen LogP contribution in [0.15, 0.2) is 42.7 Å². The number of carbonyl (C=O) groups is 2. The minimum absolute atomic E-state index is 0.00724. The van der Waals surface area contributed by atoms with Crippen LogP contribution in [0, 0.1) is 12.8 Å². The SMILES string of the molecule is CC(=O)N1CCCN(CC(C)C)CCN(C(=O)c2ccncc2C)Cc2ccccc21. The molecule has 1 aromatic carbocycles. The molecule has 166 valence electrons. The third-order valence-corrected chi connectivity index (χ3v) is 5.73. The van der Waals surface area contributed by atoms with E-state index in [1.807, 2.05) is 41.0 Å². The Kier molecular flexibility index (Phi) is 7.80. The number of rotatable bonds is 3. The normalized spacial score (nSPS) is 16.0. The molecule has 1 aromatic heterocycles. The molecule has 1 aliphatic rings. The van der Waals surface area contributed by atoms with Crippen molar-refractivity contribution in [1.82, 2.24) is 14.8 Å². The number of benzene rings is 1. The molecule has 0 aliphatic carbocycles. The van der Waals surface area contributed by atoms with Crippen LogP contribution in [0.1, 0.15) is 48.7 Å². The standard InChI is InChI=1S/C25H34N4O2/c1-19(2)17-27-12-7-13-29(21(4)30)24-9-6-5-8-22(24)18-28(15-14-27)25(31)23-10-11-26-16-20(23)3/h5-6,8-11,16,19H,7,12-15,17-18H2,1-4H3. The molecule has 31 heavy (non-hydrogen) atoms. The first kappa shape index (κ1) is 22.9. The third-order valence-electron chi connectivity index (χ3n) is 5.73.